The zero-order chi connectivity index (χ0) is 50.2. The fourth-order valence-electron chi connectivity index (χ4n) is 6.86. The van der Waals surface area contributed by atoms with Gasteiger partial charge in [-0.05, 0) is 59.8 Å². The second-order valence-corrected chi connectivity index (χ2v) is 15.8. The van der Waals surface area contributed by atoms with Crippen LogP contribution in [0.5, 0.6) is 0 Å². The van der Waals surface area contributed by atoms with Crippen molar-refractivity contribution in [3.05, 3.63) is 47.8 Å². The Bertz CT molecular complexity index is 2070. The summed E-state index contributed by atoms with van der Waals surface area (Å²) in [6.45, 7) is 8.45. The lowest BCUT2D eigenvalue weighted by molar-refractivity contribution is -0.255. The van der Waals surface area contributed by atoms with Crippen LogP contribution in [0.2, 0.25) is 0 Å². The second kappa shape index (κ2) is 25.5. The van der Waals surface area contributed by atoms with Gasteiger partial charge in [-0.1, -0.05) is 0 Å². The van der Waals surface area contributed by atoms with Crippen LogP contribution in [0.15, 0.2) is 36.7 Å². The Morgan fingerprint density at radius 3 is 1.10 bits per heavy atom. The van der Waals surface area contributed by atoms with Crippen LogP contribution in [-0.2, 0) is 98.8 Å². The number of nitrogens with one attached hydrogen (secondary N) is 4. The summed E-state index contributed by atoms with van der Waals surface area (Å²) in [5, 5.41) is 11.9. The molecule has 2 saturated heterocycles. The summed E-state index contributed by atoms with van der Waals surface area (Å²) in [6.07, 6.45) is -10.1. The zero-order valence-corrected chi connectivity index (χ0v) is 39.8. The van der Waals surface area contributed by atoms with E-state index in [9.17, 15) is 38.4 Å². The Balaban J connectivity index is 1.45. The first-order chi connectivity index (χ1) is 32.1. The van der Waals surface area contributed by atoms with Crippen molar-refractivity contribution in [2.24, 2.45) is 0 Å². The van der Waals surface area contributed by atoms with Crippen molar-refractivity contribution in [1.29, 1.82) is 0 Å². The number of carbonyl (C=O) groups excluding carboxylic acids is 8. The predicted octanol–water partition coefficient (Wildman–Crippen LogP) is 0.238. The molecule has 26 heteroatoms. The topological polar surface area (TPSA) is 303 Å². The molecule has 0 aliphatic carbocycles. The third-order valence-electron chi connectivity index (χ3n) is 9.35. The molecule has 0 amide bonds. The van der Waals surface area contributed by atoms with Gasteiger partial charge in [-0.15, -0.1) is 0 Å². The molecule has 0 bridgehead atoms. The molecular formula is C42H52N6O18S2. The van der Waals surface area contributed by atoms with E-state index in [1.165, 1.54) is 0 Å². The van der Waals surface area contributed by atoms with Gasteiger partial charge in [0.25, 0.3) is 0 Å². The van der Waals surface area contributed by atoms with Crippen molar-refractivity contribution in [1.82, 2.24) is 31.2 Å². The fourth-order valence-corrected chi connectivity index (χ4v) is 7.24. The molecule has 4 rings (SSSR count). The Hall–Kier alpha value is -6.64. The lowest BCUT2D eigenvalue weighted by atomic mass is 9.97. The molecule has 2 fully saturated rings. The molecule has 0 unspecified atom stereocenters. The van der Waals surface area contributed by atoms with Gasteiger partial charge < -0.3 is 68.6 Å². The van der Waals surface area contributed by atoms with Crippen molar-refractivity contribution in [2.45, 2.75) is 130 Å². The van der Waals surface area contributed by atoms with Crippen molar-refractivity contribution in [3.63, 3.8) is 0 Å². The highest BCUT2D eigenvalue weighted by Crippen LogP contribution is 2.30. The van der Waals surface area contributed by atoms with Gasteiger partial charge in [0.2, 0.25) is 0 Å². The number of rotatable bonds is 17. The minimum absolute atomic E-state index is 0.00358. The van der Waals surface area contributed by atoms with Gasteiger partial charge in [0.05, 0.1) is 11.4 Å². The summed E-state index contributed by atoms with van der Waals surface area (Å²) in [7, 11) is 0. The largest absolute Gasteiger partial charge is 0.463 e. The van der Waals surface area contributed by atoms with Crippen molar-refractivity contribution >= 4 is 82.4 Å². The van der Waals surface area contributed by atoms with Crippen LogP contribution in [0.25, 0.3) is 11.4 Å². The molecule has 0 aromatic carbocycles. The monoisotopic (exact) mass is 992 g/mol. The lowest BCUT2D eigenvalue weighted by Gasteiger charge is -2.44. The highest BCUT2D eigenvalue weighted by Gasteiger charge is 2.54. The molecule has 4 N–H and O–H groups in total. The van der Waals surface area contributed by atoms with Crippen LogP contribution in [0.1, 0.15) is 66.5 Å². The minimum Gasteiger partial charge on any atom is -0.463 e. The fraction of sp³-hybridized carbons (Fsp3) is 0.524. The SMILES string of the molecule is CC(=O)OC[C@H]1O[C@@H](NC(=S)NCc2ccnc(-c3cc(CNC(=S)N[C@@H]4O[C@H](COC(C)=O)[C@@H](OC(C)=O)[C@H](OC(C)=O)[C@H]4OC(C)=O)ccn3)c2)[C@H](OC(C)=O)[C@@H](OC(C)=O)[C@@H]1OC(C)=O. The predicted molar refractivity (Wildman–Crippen MR) is 237 cm³/mol. The first kappa shape index (κ1) is 54.0. The van der Waals surface area contributed by atoms with E-state index in [1.807, 2.05) is 0 Å². The normalized spacial score (nSPS) is 24.0. The van der Waals surface area contributed by atoms with Gasteiger partial charge in [0, 0.05) is 80.9 Å². The van der Waals surface area contributed by atoms with Crippen LogP contribution in [0, 0.1) is 0 Å². The lowest BCUT2D eigenvalue weighted by Crippen LogP contribution is -2.66. The van der Waals surface area contributed by atoms with E-state index in [1.54, 1.807) is 36.7 Å². The van der Waals surface area contributed by atoms with E-state index in [-0.39, 0.29) is 23.3 Å². The van der Waals surface area contributed by atoms with Crippen LogP contribution < -0.4 is 21.3 Å². The van der Waals surface area contributed by atoms with Gasteiger partial charge in [-0.3, -0.25) is 48.3 Å². The van der Waals surface area contributed by atoms with Gasteiger partial charge in [0.1, 0.15) is 25.4 Å². The van der Waals surface area contributed by atoms with Crippen LogP contribution in [-0.4, -0.2) is 142 Å². The maximum Gasteiger partial charge on any atom is 0.303 e. The highest BCUT2D eigenvalue weighted by molar-refractivity contribution is 7.80. The number of pyridine rings is 2. The molecule has 2 aliphatic heterocycles. The minimum atomic E-state index is -1.40. The van der Waals surface area contributed by atoms with E-state index < -0.39 is 122 Å². The standard InChI is InChI=1S/C42H52N6O18S2/c1-19(49)57-17-31-33(59-21(3)51)35(61-23(5)53)37(63-25(7)55)39(65-31)47-41(67)45-15-27-9-11-43-29(13-27)30-14-28(10-12-44-30)16-46-42(68)48-40-38(64-26(8)56)36(62-24(6)54)34(60-22(4)52)32(66-40)18-58-20(2)50/h9-14,31-40H,15-18H2,1-8H3,(H2,45,47,67)(H2,46,48,68)/t31-,32-,33-,34-,35+,36+,37-,38-,39-,40-/m1/s1. The highest BCUT2D eigenvalue weighted by atomic mass is 32.1. The molecule has 0 radical (unpaired) electrons. The van der Waals surface area contributed by atoms with Crippen molar-refractivity contribution in [3.8, 4) is 11.4 Å². The number of esters is 8. The molecule has 0 spiro atoms. The number of hydrogen-bond donors (Lipinski definition) is 4. The average Bonchev–Trinajstić information content (AvgIpc) is 3.24. The molecule has 370 valence electrons. The third kappa shape index (κ3) is 16.9. The summed E-state index contributed by atoms with van der Waals surface area (Å²) < 4.78 is 55.1. The van der Waals surface area contributed by atoms with Crippen LogP contribution in [0.3, 0.4) is 0 Å². The first-order valence-corrected chi connectivity index (χ1v) is 21.5. The number of thiocarbonyl (C=S) groups is 2. The number of ether oxygens (including phenoxy) is 10. The summed E-state index contributed by atoms with van der Waals surface area (Å²) in [4.78, 5) is 105. The molecule has 0 saturated carbocycles. The maximum absolute atomic E-state index is 12.2. The summed E-state index contributed by atoms with van der Waals surface area (Å²) in [6, 6.07) is 6.94. The Kier molecular flexibility index (Phi) is 20.2. The van der Waals surface area contributed by atoms with Crippen molar-refractivity contribution in [2.75, 3.05) is 13.2 Å². The second-order valence-electron chi connectivity index (χ2n) is 15.0. The van der Waals surface area contributed by atoms with Gasteiger partial charge in [-0.25, -0.2) is 0 Å². The van der Waals surface area contributed by atoms with Gasteiger partial charge >= 0.3 is 47.8 Å². The summed E-state index contributed by atoms with van der Waals surface area (Å²) in [5.74, 6) is -5.99. The number of carbonyl (C=O) groups is 8. The van der Waals surface area contributed by atoms with Crippen molar-refractivity contribution < 1.29 is 85.7 Å². The van der Waals surface area contributed by atoms with Gasteiger partial charge in [0.15, 0.2) is 59.3 Å². The Labute approximate surface area is 400 Å². The Morgan fingerprint density at radius 2 is 0.794 bits per heavy atom. The van der Waals surface area contributed by atoms with Crippen LogP contribution >= 0.6 is 24.4 Å². The average molecular weight is 993 g/mol. The molecule has 2 aromatic rings. The van der Waals surface area contributed by atoms with E-state index in [4.69, 9.17) is 71.8 Å². The number of aromatic nitrogens is 2. The quantitative estimate of drug-likeness (QED) is 0.0937. The third-order valence-corrected chi connectivity index (χ3v) is 9.87. The Morgan fingerprint density at radius 1 is 0.485 bits per heavy atom. The zero-order valence-electron chi connectivity index (χ0n) is 38.1. The van der Waals surface area contributed by atoms with E-state index >= 15 is 0 Å². The molecule has 2 aromatic heterocycles. The van der Waals surface area contributed by atoms with Crippen LogP contribution in [0.4, 0.5) is 0 Å². The molecule has 68 heavy (non-hydrogen) atoms. The molecule has 24 nitrogen and oxygen atoms in total. The first-order valence-electron chi connectivity index (χ1n) is 20.7. The number of hydrogen-bond acceptors (Lipinski definition) is 22. The molecule has 10 atom stereocenters. The van der Waals surface area contributed by atoms with E-state index in [2.05, 4.69) is 31.2 Å². The van der Waals surface area contributed by atoms with Gasteiger partial charge in [-0.2, -0.15) is 0 Å². The summed E-state index contributed by atoms with van der Waals surface area (Å²) >= 11 is 11.1. The molecule has 2 aliphatic rings. The number of nitrogens with zero attached hydrogens (tertiary/aromatic N) is 2. The molecular weight excluding hydrogens is 941 g/mol. The smallest absolute Gasteiger partial charge is 0.303 e. The maximum atomic E-state index is 12.2. The molecule has 4 heterocycles. The summed E-state index contributed by atoms with van der Waals surface area (Å²) in [5.41, 5.74) is 2.34. The van der Waals surface area contributed by atoms with E-state index in [0.717, 1.165) is 55.4 Å². The van der Waals surface area contributed by atoms with E-state index in [0.29, 0.717) is 22.5 Å².